The van der Waals surface area contributed by atoms with Crippen molar-refractivity contribution in [2.45, 2.75) is 38.1 Å². The molecule has 1 rings (SSSR count). The number of likely N-dealkylation sites (tertiary alicyclic amines) is 1. The van der Waals surface area contributed by atoms with Crippen LogP contribution in [0.15, 0.2) is 0 Å². The molecule has 1 saturated heterocycles. The summed E-state index contributed by atoms with van der Waals surface area (Å²) >= 11 is 3.39. The SMILES string of the molecule is CN1CCC(N(C)C(=O)CCCCBr)CC1. The van der Waals surface area contributed by atoms with E-state index in [-0.39, 0.29) is 0 Å². The van der Waals surface area contributed by atoms with Crippen molar-refractivity contribution in [2.24, 2.45) is 0 Å². The topological polar surface area (TPSA) is 23.6 Å². The first kappa shape index (κ1) is 14.0. The van der Waals surface area contributed by atoms with Gasteiger partial charge in [0, 0.05) is 24.8 Å². The normalized spacial score (nSPS) is 18.7. The van der Waals surface area contributed by atoms with Gasteiger partial charge in [-0.25, -0.2) is 0 Å². The molecule has 4 heteroatoms. The molecule has 94 valence electrons. The van der Waals surface area contributed by atoms with Gasteiger partial charge in [-0.05, 0) is 45.8 Å². The maximum Gasteiger partial charge on any atom is 0.222 e. The van der Waals surface area contributed by atoms with E-state index >= 15 is 0 Å². The van der Waals surface area contributed by atoms with Gasteiger partial charge in [0.2, 0.25) is 5.91 Å². The van der Waals surface area contributed by atoms with Gasteiger partial charge < -0.3 is 9.80 Å². The maximum atomic E-state index is 11.9. The standard InChI is InChI=1S/C12H23BrN2O/c1-14-9-6-11(7-10-14)15(2)12(16)5-3-4-8-13/h11H,3-10H2,1-2H3. The summed E-state index contributed by atoms with van der Waals surface area (Å²) < 4.78 is 0. The zero-order valence-corrected chi connectivity index (χ0v) is 12.0. The molecule has 0 aliphatic carbocycles. The molecule has 1 heterocycles. The van der Waals surface area contributed by atoms with Gasteiger partial charge in [-0.3, -0.25) is 4.79 Å². The third-order valence-corrected chi connectivity index (χ3v) is 3.96. The highest BCUT2D eigenvalue weighted by Gasteiger charge is 2.23. The lowest BCUT2D eigenvalue weighted by atomic mass is 10.0. The van der Waals surface area contributed by atoms with E-state index in [1.807, 2.05) is 11.9 Å². The van der Waals surface area contributed by atoms with Crippen molar-refractivity contribution in [1.82, 2.24) is 9.80 Å². The number of rotatable bonds is 5. The molecule has 0 aromatic rings. The first-order valence-corrected chi connectivity index (χ1v) is 7.27. The second-order valence-corrected chi connectivity index (χ2v) is 5.48. The number of piperidine rings is 1. The van der Waals surface area contributed by atoms with E-state index in [4.69, 9.17) is 0 Å². The summed E-state index contributed by atoms with van der Waals surface area (Å²) in [5.41, 5.74) is 0. The second kappa shape index (κ2) is 7.28. The van der Waals surface area contributed by atoms with Gasteiger partial charge in [-0.15, -0.1) is 0 Å². The summed E-state index contributed by atoms with van der Waals surface area (Å²) in [5.74, 6) is 0.315. The van der Waals surface area contributed by atoms with Gasteiger partial charge in [0.25, 0.3) is 0 Å². The Labute approximate surface area is 107 Å². The van der Waals surface area contributed by atoms with Gasteiger partial charge in [-0.2, -0.15) is 0 Å². The van der Waals surface area contributed by atoms with Crippen LogP contribution in [-0.4, -0.2) is 54.3 Å². The number of nitrogens with zero attached hydrogens (tertiary/aromatic N) is 2. The van der Waals surface area contributed by atoms with Crippen LogP contribution in [0.25, 0.3) is 0 Å². The number of unbranched alkanes of at least 4 members (excludes halogenated alkanes) is 1. The molecule has 0 saturated carbocycles. The average molecular weight is 291 g/mol. The Kier molecular flexibility index (Phi) is 6.36. The summed E-state index contributed by atoms with van der Waals surface area (Å²) in [6.45, 7) is 2.23. The Morgan fingerprint density at radius 3 is 2.56 bits per heavy atom. The van der Waals surface area contributed by atoms with Crippen LogP contribution in [0.4, 0.5) is 0 Å². The number of alkyl halides is 1. The lowest BCUT2D eigenvalue weighted by Gasteiger charge is -2.35. The third kappa shape index (κ3) is 4.42. The molecule has 0 N–H and O–H groups in total. The van der Waals surface area contributed by atoms with Gasteiger partial charge in [0.05, 0.1) is 0 Å². The van der Waals surface area contributed by atoms with Crippen LogP contribution in [0.5, 0.6) is 0 Å². The lowest BCUT2D eigenvalue weighted by molar-refractivity contribution is -0.132. The van der Waals surface area contributed by atoms with Crippen LogP contribution in [-0.2, 0) is 4.79 Å². The molecule has 3 nitrogen and oxygen atoms in total. The Morgan fingerprint density at radius 2 is 2.00 bits per heavy atom. The van der Waals surface area contributed by atoms with E-state index in [9.17, 15) is 4.79 Å². The second-order valence-electron chi connectivity index (χ2n) is 4.69. The molecule has 0 aromatic heterocycles. The monoisotopic (exact) mass is 290 g/mol. The summed E-state index contributed by atoms with van der Waals surface area (Å²) in [4.78, 5) is 16.2. The van der Waals surface area contributed by atoms with Crippen LogP contribution in [0.1, 0.15) is 32.1 Å². The van der Waals surface area contributed by atoms with Gasteiger partial charge in [0.15, 0.2) is 0 Å². The Balaban J connectivity index is 2.27. The molecule has 0 atom stereocenters. The minimum absolute atomic E-state index is 0.315. The molecule has 1 aliphatic rings. The number of carbonyl (C=O) groups is 1. The van der Waals surface area contributed by atoms with E-state index in [1.165, 1.54) is 0 Å². The molecule has 0 bridgehead atoms. The highest BCUT2D eigenvalue weighted by atomic mass is 79.9. The number of amides is 1. The summed E-state index contributed by atoms with van der Waals surface area (Å²) in [7, 11) is 4.11. The molecule has 1 amide bonds. The average Bonchev–Trinajstić information content (AvgIpc) is 2.29. The van der Waals surface area contributed by atoms with Gasteiger partial charge >= 0.3 is 0 Å². The van der Waals surface area contributed by atoms with E-state index in [0.29, 0.717) is 18.4 Å². The van der Waals surface area contributed by atoms with Crippen LogP contribution < -0.4 is 0 Å². The van der Waals surface area contributed by atoms with Gasteiger partial charge in [-0.1, -0.05) is 15.9 Å². The number of carbonyl (C=O) groups excluding carboxylic acids is 1. The Bertz CT molecular complexity index is 215. The quantitative estimate of drug-likeness (QED) is 0.572. The smallest absolute Gasteiger partial charge is 0.222 e. The first-order valence-electron chi connectivity index (χ1n) is 6.15. The van der Waals surface area contributed by atoms with Crippen molar-refractivity contribution >= 4 is 21.8 Å². The highest BCUT2D eigenvalue weighted by molar-refractivity contribution is 9.09. The van der Waals surface area contributed by atoms with Crippen molar-refractivity contribution in [3.8, 4) is 0 Å². The van der Waals surface area contributed by atoms with E-state index in [1.54, 1.807) is 0 Å². The lowest BCUT2D eigenvalue weighted by Crippen LogP contribution is -2.44. The predicted octanol–water partition coefficient (Wildman–Crippen LogP) is 2.10. The molecule has 1 aliphatic heterocycles. The highest BCUT2D eigenvalue weighted by Crippen LogP contribution is 2.15. The first-order chi connectivity index (χ1) is 7.65. The fraction of sp³-hybridized carbons (Fsp3) is 0.917. The summed E-state index contributed by atoms with van der Waals surface area (Å²) in [5, 5.41) is 0.998. The largest absolute Gasteiger partial charge is 0.343 e. The molecule has 1 fully saturated rings. The molecular weight excluding hydrogens is 268 g/mol. The van der Waals surface area contributed by atoms with Crippen LogP contribution in [0, 0.1) is 0 Å². The third-order valence-electron chi connectivity index (χ3n) is 3.40. The zero-order chi connectivity index (χ0) is 12.0. The zero-order valence-electron chi connectivity index (χ0n) is 10.4. The predicted molar refractivity (Wildman–Crippen MR) is 70.9 cm³/mol. The fourth-order valence-corrected chi connectivity index (χ4v) is 2.53. The minimum Gasteiger partial charge on any atom is -0.343 e. The van der Waals surface area contributed by atoms with Crippen molar-refractivity contribution in [2.75, 3.05) is 32.5 Å². The van der Waals surface area contributed by atoms with Crippen LogP contribution in [0.2, 0.25) is 0 Å². The summed E-state index contributed by atoms with van der Waals surface area (Å²) in [6, 6.07) is 0.465. The van der Waals surface area contributed by atoms with E-state index in [2.05, 4.69) is 27.9 Å². The molecule has 0 aromatic carbocycles. The van der Waals surface area contributed by atoms with Gasteiger partial charge in [0.1, 0.15) is 0 Å². The Morgan fingerprint density at radius 1 is 1.38 bits per heavy atom. The molecule has 0 radical (unpaired) electrons. The van der Waals surface area contributed by atoms with Crippen molar-refractivity contribution in [3.63, 3.8) is 0 Å². The molecule has 16 heavy (non-hydrogen) atoms. The van der Waals surface area contributed by atoms with E-state index < -0.39 is 0 Å². The van der Waals surface area contributed by atoms with Crippen LogP contribution in [0.3, 0.4) is 0 Å². The van der Waals surface area contributed by atoms with Crippen LogP contribution >= 0.6 is 15.9 Å². The number of hydrogen-bond donors (Lipinski definition) is 0. The molecule has 0 spiro atoms. The number of halogens is 1. The minimum atomic E-state index is 0.315. The maximum absolute atomic E-state index is 11.9. The Hall–Kier alpha value is -0.0900. The van der Waals surface area contributed by atoms with E-state index in [0.717, 1.165) is 44.1 Å². The molecular formula is C12H23BrN2O. The molecule has 0 unspecified atom stereocenters. The number of hydrogen-bond acceptors (Lipinski definition) is 2. The van der Waals surface area contributed by atoms with Crippen molar-refractivity contribution in [3.05, 3.63) is 0 Å². The fourth-order valence-electron chi connectivity index (χ4n) is 2.13. The summed E-state index contributed by atoms with van der Waals surface area (Å²) in [6.07, 6.45) is 5.04. The van der Waals surface area contributed by atoms with Crippen molar-refractivity contribution in [1.29, 1.82) is 0 Å². The van der Waals surface area contributed by atoms with Crippen molar-refractivity contribution < 1.29 is 4.79 Å².